The van der Waals surface area contributed by atoms with Gasteiger partial charge in [0.15, 0.2) is 0 Å². The third kappa shape index (κ3) is 3.16. The molecular weight excluding hydrogens is 330 g/mol. The maximum atomic E-state index is 5.16. The highest BCUT2D eigenvalue weighted by atomic mass is 32.1. The first-order chi connectivity index (χ1) is 12.2. The van der Waals surface area contributed by atoms with E-state index >= 15 is 0 Å². The highest BCUT2D eigenvalue weighted by Gasteiger charge is 2.13. The third-order valence-corrected chi connectivity index (χ3v) is 5.01. The van der Waals surface area contributed by atoms with Crippen molar-refractivity contribution >= 4 is 22.4 Å². The highest BCUT2D eigenvalue weighted by Crippen LogP contribution is 2.35. The number of nitrogens with zero attached hydrogens (tertiary/aromatic N) is 3. The van der Waals surface area contributed by atoms with Crippen molar-refractivity contribution in [3.8, 4) is 21.0 Å². The summed E-state index contributed by atoms with van der Waals surface area (Å²) < 4.78 is 5.16. The Bertz CT molecular complexity index is 1030. The van der Waals surface area contributed by atoms with Crippen molar-refractivity contribution < 1.29 is 4.74 Å². The lowest BCUT2D eigenvalue weighted by atomic mass is 10.1. The van der Waals surface area contributed by atoms with Gasteiger partial charge in [0, 0.05) is 18.9 Å². The fraction of sp³-hybridized carbons (Fsp3) is 0.150. The zero-order chi connectivity index (χ0) is 17.2. The molecule has 0 atom stereocenters. The molecule has 0 aliphatic rings. The van der Waals surface area contributed by atoms with E-state index in [0.717, 1.165) is 37.7 Å². The first-order valence-electron chi connectivity index (χ1n) is 8.01. The number of aryl methyl sites for hydroxylation is 1. The van der Waals surface area contributed by atoms with Crippen LogP contribution in [-0.4, -0.2) is 22.1 Å². The minimum absolute atomic E-state index is 0.460. The van der Waals surface area contributed by atoms with Crippen molar-refractivity contribution in [3.63, 3.8) is 0 Å². The van der Waals surface area contributed by atoms with Crippen LogP contribution >= 0.6 is 11.3 Å². The molecule has 4 rings (SSSR count). The molecule has 0 unspecified atom stereocenters. The van der Waals surface area contributed by atoms with Gasteiger partial charge in [-0.25, -0.2) is 9.97 Å². The molecule has 0 aliphatic carbocycles. The van der Waals surface area contributed by atoms with Gasteiger partial charge in [-0.15, -0.1) is 11.3 Å². The summed E-state index contributed by atoms with van der Waals surface area (Å²) in [5.74, 6) is 0. The Labute approximate surface area is 150 Å². The van der Waals surface area contributed by atoms with Crippen molar-refractivity contribution in [2.24, 2.45) is 0 Å². The van der Waals surface area contributed by atoms with Gasteiger partial charge in [-0.2, -0.15) is 0 Å². The molecule has 0 fully saturated rings. The van der Waals surface area contributed by atoms with E-state index in [4.69, 9.17) is 4.74 Å². The van der Waals surface area contributed by atoms with Gasteiger partial charge in [-0.3, -0.25) is 4.98 Å². The zero-order valence-corrected chi connectivity index (χ0v) is 14.9. The van der Waals surface area contributed by atoms with Crippen LogP contribution in [0.25, 0.3) is 32.0 Å². The molecular formula is C20H17N3OS. The van der Waals surface area contributed by atoms with Gasteiger partial charge in [0.2, 0.25) is 0 Å². The maximum Gasteiger partial charge on any atom is 0.126 e. The molecule has 25 heavy (non-hydrogen) atoms. The van der Waals surface area contributed by atoms with Crippen molar-refractivity contribution in [2.45, 2.75) is 13.5 Å². The molecule has 0 saturated carbocycles. The van der Waals surface area contributed by atoms with E-state index in [-0.39, 0.29) is 0 Å². The molecule has 0 spiro atoms. The van der Waals surface area contributed by atoms with Crippen LogP contribution in [0.15, 0.2) is 54.9 Å². The lowest BCUT2D eigenvalue weighted by molar-refractivity contribution is 0.181. The SMILES string of the molecule is COCc1cnc2c(-c3ncc(-c4ccccc4)s3)cc(C)cc2n1. The van der Waals surface area contributed by atoms with E-state index in [1.165, 1.54) is 5.56 Å². The molecule has 0 aliphatic heterocycles. The Morgan fingerprint density at radius 2 is 1.88 bits per heavy atom. The minimum atomic E-state index is 0.460. The van der Waals surface area contributed by atoms with Crippen LogP contribution in [0.3, 0.4) is 0 Å². The van der Waals surface area contributed by atoms with Crippen LogP contribution in [0.2, 0.25) is 0 Å². The number of fused-ring (bicyclic) bond motifs is 1. The predicted octanol–water partition coefficient (Wildman–Crippen LogP) is 4.88. The van der Waals surface area contributed by atoms with Crippen LogP contribution < -0.4 is 0 Å². The summed E-state index contributed by atoms with van der Waals surface area (Å²) in [4.78, 5) is 15.1. The molecule has 4 nitrogen and oxygen atoms in total. The Hall–Kier alpha value is -2.63. The van der Waals surface area contributed by atoms with Gasteiger partial charge in [-0.1, -0.05) is 30.3 Å². The standard InChI is InChI=1S/C20H17N3OS/c1-13-8-16(19-17(9-13)23-15(10-21-19)12-24-2)20-22-11-18(25-20)14-6-4-3-5-7-14/h3-11H,12H2,1-2H3. The number of benzene rings is 2. The van der Waals surface area contributed by atoms with Gasteiger partial charge in [0.1, 0.15) is 5.01 Å². The highest BCUT2D eigenvalue weighted by molar-refractivity contribution is 7.18. The molecule has 0 saturated heterocycles. The third-order valence-electron chi connectivity index (χ3n) is 3.93. The normalized spacial score (nSPS) is 11.1. The van der Waals surface area contributed by atoms with E-state index < -0.39 is 0 Å². The number of ether oxygens (including phenoxy) is 1. The first kappa shape index (κ1) is 15.9. The van der Waals surface area contributed by atoms with E-state index in [9.17, 15) is 0 Å². The van der Waals surface area contributed by atoms with Crippen molar-refractivity contribution in [1.82, 2.24) is 15.0 Å². The Balaban J connectivity index is 1.82. The van der Waals surface area contributed by atoms with Crippen LogP contribution in [0.4, 0.5) is 0 Å². The molecule has 0 amide bonds. The largest absolute Gasteiger partial charge is 0.378 e. The van der Waals surface area contributed by atoms with E-state index in [1.54, 1.807) is 24.6 Å². The average molecular weight is 347 g/mol. The fourth-order valence-corrected chi connectivity index (χ4v) is 3.76. The lowest BCUT2D eigenvalue weighted by Crippen LogP contribution is -1.96. The molecule has 0 radical (unpaired) electrons. The van der Waals surface area contributed by atoms with Gasteiger partial charge in [-0.05, 0) is 30.2 Å². The van der Waals surface area contributed by atoms with E-state index in [0.29, 0.717) is 6.61 Å². The molecule has 124 valence electrons. The Kier molecular flexibility index (Phi) is 4.26. The summed E-state index contributed by atoms with van der Waals surface area (Å²) in [6, 6.07) is 14.5. The van der Waals surface area contributed by atoms with Crippen molar-refractivity contribution in [3.05, 3.63) is 66.1 Å². The van der Waals surface area contributed by atoms with Gasteiger partial charge in [0.05, 0.1) is 34.4 Å². The van der Waals surface area contributed by atoms with Crippen LogP contribution in [0.5, 0.6) is 0 Å². The Morgan fingerprint density at radius 3 is 2.68 bits per heavy atom. The van der Waals surface area contributed by atoms with Crippen LogP contribution in [0, 0.1) is 6.92 Å². The molecule has 0 bridgehead atoms. The number of hydrogen-bond donors (Lipinski definition) is 0. The number of rotatable bonds is 4. The summed E-state index contributed by atoms with van der Waals surface area (Å²) in [7, 11) is 1.66. The minimum Gasteiger partial charge on any atom is -0.378 e. The number of methoxy groups -OCH3 is 1. The molecule has 5 heteroatoms. The molecule has 2 aromatic carbocycles. The van der Waals surface area contributed by atoms with Crippen molar-refractivity contribution in [2.75, 3.05) is 7.11 Å². The average Bonchev–Trinajstić information content (AvgIpc) is 3.12. The summed E-state index contributed by atoms with van der Waals surface area (Å²) in [6.07, 6.45) is 3.70. The summed E-state index contributed by atoms with van der Waals surface area (Å²) >= 11 is 1.67. The zero-order valence-electron chi connectivity index (χ0n) is 14.1. The number of aromatic nitrogens is 3. The van der Waals surface area contributed by atoms with Crippen LogP contribution in [0.1, 0.15) is 11.3 Å². The molecule has 2 aromatic heterocycles. The Morgan fingerprint density at radius 1 is 1.04 bits per heavy atom. The van der Waals surface area contributed by atoms with Crippen molar-refractivity contribution in [1.29, 1.82) is 0 Å². The van der Waals surface area contributed by atoms with Gasteiger partial charge < -0.3 is 4.74 Å². The molecule has 0 N–H and O–H groups in total. The second-order valence-corrected chi connectivity index (χ2v) is 6.90. The predicted molar refractivity (Wildman–Crippen MR) is 102 cm³/mol. The summed E-state index contributed by atoms with van der Waals surface area (Å²) in [5, 5.41) is 0.960. The maximum absolute atomic E-state index is 5.16. The fourth-order valence-electron chi connectivity index (χ4n) is 2.82. The summed E-state index contributed by atoms with van der Waals surface area (Å²) in [6.45, 7) is 2.53. The second kappa shape index (κ2) is 6.70. The molecule has 4 aromatic rings. The van der Waals surface area contributed by atoms with Gasteiger partial charge in [0.25, 0.3) is 0 Å². The van der Waals surface area contributed by atoms with Gasteiger partial charge >= 0.3 is 0 Å². The quantitative estimate of drug-likeness (QED) is 0.528. The monoisotopic (exact) mass is 347 g/mol. The number of hydrogen-bond acceptors (Lipinski definition) is 5. The topological polar surface area (TPSA) is 47.9 Å². The summed E-state index contributed by atoms with van der Waals surface area (Å²) in [5.41, 5.74) is 5.93. The first-order valence-corrected chi connectivity index (χ1v) is 8.83. The van der Waals surface area contributed by atoms with Crippen LogP contribution in [-0.2, 0) is 11.3 Å². The lowest BCUT2D eigenvalue weighted by Gasteiger charge is -2.06. The smallest absolute Gasteiger partial charge is 0.126 e. The molecule has 2 heterocycles. The second-order valence-electron chi connectivity index (χ2n) is 5.87. The van der Waals surface area contributed by atoms with E-state index in [1.807, 2.05) is 24.4 Å². The van der Waals surface area contributed by atoms with E-state index in [2.05, 4.69) is 46.1 Å². The number of thiazole rings is 1.